The van der Waals surface area contributed by atoms with Gasteiger partial charge in [0, 0.05) is 17.3 Å². The van der Waals surface area contributed by atoms with Gasteiger partial charge in [0.1, 0.15) is 17.7 Å². The highest BCUT2D eigenvalue weighted by Crippen LogP contribution is 2.23. The van der Waals surface area contributed by atoms with E-state index < -0.39 is 17.9 Å². The van der Waals surface area contributed by atoms with Crippen molar-refractivity contribution in [2.75, 3.05) is 5.32 Å². The Balaban J connectivity index is 2.17. The molecule has 0 bridgehead atoms. The Morgan fingerprint density at radius 1 is 1.19 bits per heavy atom. The molecule has 0 aliphatic carbocycles. The van der Waals surface area contributed by atoms with Crippen molar-refractivity contribution in [3.8, 4) is 6.07 Å². The molecule has 0 aromatic heterocycles. The third-order valence-corrected chi connectivity index (χ3v) is 3.84. The lowest BCUT2D eigenvalue weighted by Gasteiger charge is -2.16. The van der Waals surface area contributed by atoms with Crippen molar-refractivity contribution in [1.82, 2.24) is 5.32 Å². The number of aliphatic carboxylic acids is 1. The minimum Gasteiger partial charge on any atom is -0.480 e. The molecule has 2 aromatic carbocycles. The van der Waals surface area contributed by atoms with Gasteiger partial charge >= 0.3 is 5.97 Å². The van der Waals surface area contributed by atoms with Gasteiger partial charge < -0.3 is 15.7 Å². The second kappa shape index (κ2) is 8.67. The smallest absolute Gasteiger partial charge is 0.326 e. The van der Waals surface area contributed by atoms with Gasteiger partial charge in [-0.1, -0.05) is 50.2 Å². The van der Waals surface area contributed by atoms with Crippen LogP contribution in [0.5, 0.6) is 0 Å². The summed E-state index contributed by atoms with van der Waals surface area (Å²) in [7, 11) is 0. The van der Waals surface area contributed by atoms with Gasteiger partial charge in [0.15, 0.2) is 0 Å². The first-order chi connectivity index (χ1) is 12.4. The zero-order chi connectivity index (χ0) is 19.1. The third-order valence-electron chi connectivity index (χ3n) is 3.84. The first kappa shape index (κ1) is 19.0. The summed E-state index contributed by atoms with van der Waals surface area (Å²) in [6, 6.07) is 14.2. The van der Waals surface area contributed by atoms with Crippen molar-refractivity contribution in [1.29, 1.82) is 5.26 Å². The van der Waals surface area contributed by atoms with E-state index in [1.807, 2.05) is 62.4 Å². The zero-order valence-corrected chi connectivity index (χ0v) is 14.7. The van der Waals surface area contributed by atoms with Gasteiger partial charge in [0.25, 0.3) is 5.91 Å². The van der Waals surface area contributed by atoms with Crippen molar-refractivity contribution in [2.45, 2.75) is 26.3 Å². The molecular weight excluding hydrogens is 330 g/mol. The van der Waals surface area contributed by atoms with Gasteiger partial charge in [-0.25, -0.2) is 4.79 Å². The third kappa shape index (κ3) is 4.84. The van der Waals surface area contributed by atoms with Crippen molar-refractivity contribution in [2.24, 2.45) is 5.92 Å². The summed E-state index contributed by atoms with van der Waals surface area (Å²) in [6.45, 7) is 3.73. The van der Waals surface area contributed by atoms with Crippen LogP contribution in [-0.4, -0.2) is 23.0 Å². The zero-order valence-electron chi connectivity index (χ0n) is 14.7. The first-order valence-electron chi connectivity index (χ1n) is 8.30. The van der Waals surface area contributed by atoms with Crippen LogP contribution in [0.3, 0.4) is 0 Å². The molecule has 0 saturated heterocycles. The molecule has 2 aromatic rings. The Morgan fingerprint density at radius 3 is 2.54 bits per heavy atom. The molecule has 2 rings (SSSR count). The molecule has 1 amide bonds. The lowest BCUT2D eigenvalue weighted by molar-refractivity contribution is -0.141. The molecule has 6 nitrogen and oxygen atoms in total. The van der Waals surface area contributed by atoms with E-state index in [1.54, 1.807) is 0 Å². The molecular formula is C20H21N3O3. The van der Waals surface area contributed by atoms with Crippen molar-refractivity contribution < 1.29 is 14.7 Å². The van der Waals surface area contributed by atoms with Crippen LogP contribution in [0.25, 0.3) is 10.8 Å². The summed E-state index contributed by atoms with van der Waals surface area (Å²) in [4.78, 5) is 23.5. The lowest BCUT2D eigenvalue weighted by atomic mass is 10.0. The Bertz CT molecular complexity index is 876. The first-order valence-corrected chi connectivity index (χ1v) is 8.30. The number of carboxylic acids is 1. The number of fused-ring (bicyclic) bond motifs is 1. The molecule has 0 heterocycles. The molecule has 26 heavy (non-hydrogen) atoms. The van der Waals surface area contributed by atoms with E-state index in [0.717, 1.165) is 16.5 Å². The molecule has 0 spiro atoms. The summed E-state index contributed by atoms with van der Waals surface area (Å²) >= 11 is 0. The number of nitrogens with one attached hydrogen (secondary N) is 2. The normalized spacial score (nSPS) is 12.5. The fraction of sp³-hybridized carbons (Fsp3) is 0.250. The number of amides is 1. The monoisotopic (exact) mass is 351 g/mol. The van der Waals surface area contributed by atoms with Crippen LogP contribution in [0, 0.1) is 17.2 Å². The summed E-state index contributed by atoms with van der Waals surface area (Å²) in [5.41, 5.74) is 0.563. The minimum atomic E-state index is -1.12. The maximum Gasteiger partial charge on any atom is 0.326 e. The van der Waals surface area contributed by atoms with Crippen molar-refractivity contribution >= 4 is 28.3 Å². The number of carbonyl (C=O) groups excluding carboxylic acids is 1. The van der Waals surface area contributed by atoms with Crippen LogP contribution in [0.4, 0.5) is 5.69 Å². The van der Waals surface area contributed by atoms with Crippen LogP contribution < -0.4 is 10.6 Å². The molecule has 1 atom stereocenters. The van der Waals surface area contributed by atoms with Crippen LogP contribution in [0.2, 0.25) is 0 Å². The quantitative estimate of drug-likeness (QED) is 0.525. The molecule has 0 aliphatic heterocycles. The Labute approximate surface area is 152 Å². The standard InChI is InChI=1S/C20H21N3O3/c1-13(2)10-18(20(25)26)23-19(24)15(11-21)12-22-17-9-5-7-14-6-3-4-8-16(14)17/h3-9,12-13,18,22H,10H2,1-2H3,(H,23,24)(H,25,26)/b15-12-. The fourth-order valence-corrected chi connectivity index (χ4v) is 2.58. The fourth-order valence-electron chi connectivity index (χ4n) is 2.58. The molecule has 0 saturated carbocycles. The average Bonchev–Trinajstić information content (AvgIpc) is 2.61. The van der Waals surface area contributed by atoms with E-state index in [0.29, 0.717) is 0 Å². The van der Waals surface area contributed by atoms with Gasteiger partial charge in [0.05, 0.1) is 0 Å². The summed E-state index contributed by atoms with van der Waals surface area (Å²) in [5, 5.41) is 25.8. The summed E-state index contributed by atoms with van der Waals surface area (Å²) < 4.78 is 0. The van der Waals surface area contributed by atoms with E-state index in [9.17, 15) is 20.0 Å². The Kier molecular flexibility index (Phi) is 6.34. The number of hydrogen-bond donors (Lipinski definition) is 3. The summed E-state index contributed by atoms with van der Waals surface area (Å²) in [5.74, 6) is -1.74. The highest BCUT2D eigenvalue weighted by Gasteiger charge is 2.22. The van der Waals surface area contributed by atoms with E-state index in [2.05, 4.69) is 10.6 Å². The number of carbonyl (C=O) groups is 2. The highest BCUT2D eigenvalue weighted by molar-refractivity contribution is 6.00. The SMILES string of the molecule is CC(C)CC(NC(=O)/C(C#N)=C\Nc1cccc2ccccc12)C(=O)O. The predicted molar refractivity (Wildman–Crippen MR) is 100 cm³/mol. The molecule has 0 fully saturated rings. The largest absolute Gasteiger partial charge is 0.480 e. The Morgan fingerprint density at radius 2 is 1.88 bits per heavy atom. The van der Waals surface area contributed by atoms with E-state index in [-0.39, 0.29) is 17.9 Å². The van der Waals surface area contributed by atoms with Gasteiger partial charge in [0.2, 0.25) is 0 Å². The number of rotatable bonds is 7. The van der Waals surface area contributed by atoms with E-state index in [1.165, 1.54) is 6.20 Å². The van der Waals surface area contributed by atoms with E-state index in [4.69, 9.17) is 0 Å². The predicted octanol–water partition coefficient (Wildman–Crippen LogP) is 3.27. The number of carboxylic acid groups (broad SMARTS) is 1. The number of hydrogen-bond acceptors (Lipinski definition) is 4. The molecule has 1 unspecified atom stereocenters. The second-order valence-corrected chi connectivity index (χ2v) is 6.33. The topological polar surface area (TPSA) is 102 Å². The molecule has 3 N–H and O–H groups in total. The average molecular weight is 351 g/mol. The van der Waals surface area contributed by atoms with Gasteiger partial charge in [-0.15, -0.1) is 0 Å². The van der Waals surface area contributed by atoms with Gasteiger partial charge in [-0.05, 0) is 23.8 Å². The number of nitriles is 1. The number of benzene rings is 2. The van der Waals surface area contributed by atoms with E-state index >= 15 is 0 Å². The van der Waals surface area contributed by atoms with Crippen LogP contribution in [0.1, 0.15) is 20.3 Å². The van der Waals surface area contributed by atoms with Gasteiger partial charge in [-0.3, -0.25) is 4.79 Å². The van der Waals surface area contributed by atoms with Crippen molar-refractivity contribution in [3.05, 3.63) is 54.2 Å². The molecule has 0 aliphatic rings. The van der Waals surface area contributed by atoms with Crippen molar-refractivity contribution in [3.63, 3.8) is 0 Å². The van der Waals surface area contributed by atoms with Crippen LogP contribution in [-0.2, 0) is 9.59 Å². The van der Waals surface area contributed by atoms with Crippen LogP contribution in [0.15, 0.2) is 54.2 Å². The minimum absolute atomic E-state index is 0.0970. The Hall–Kier alpha value is -3.33. The highest BCUT2D eigenvalue weighted by atomic mass is 16.4. The van der Waals surface area contributed by atoms with Gasteiger partial charge in [-0.2, -0.15) is 5.26 Å². The summed E-state index contributed by atoms with van der Waals surface area (Å²) in [6.07, 6.45) is 1.59. The lowest BCUT2D eigenvalue weighted by Crippen LogP contribution is -2.42. The second-order valence-electron chi connectivity index (χ2n) is 6.33. The number of nitrogens with zero attached hydrogens (tertiary/aromatic N) is 1. The maximum atomic E-state index is 12.3. The number of anilines is 1. The molecule has 0 radical (unpaired) electrons. The molecule has 6 heteroatoms. The maximum absolute atomic E-state index is 12.3. The molecule has 134 valence electrons. The van der Waals surface area contributed by atoms with Crippen LogP contribution >= 0.6 is 0 Å².